The first kappa shape index (κ1) is 30.3. The molecule has 3 aromatic carbocycles. The van der Waals surface area contributed by atoms with Gasteiger partial charge in [-0.3, -0.25) is 13.9 Å². The molecule has 2 unspecified atom stereocenters. The number of hydrogen-bond donors (Lipinski definition) is 1. The molecular formula is C29H33BrFN3O4S. The van der Waals surface area contributed by atoms with E-state index >= 15 is 0 Å². The van der Waals surface area contributed by atoms with Gasteiger partial charge in [0.1, 0.15) is 18.4 Å². The van der Waals surface area contributed by atoms with Crippen molar-refractivity contribution in [1.29, 1.82) is 0 Å². The predicted octanol–water partition coefficient (Wildman–Crippen LogP) is 4.91. The molecule has 2 atom stereocenters. The van der Waals surface area contributed by atoms with E-state index in [1.165, 1.54) is 11.0 Å². The van der Waals surface area contributed by atoms with E-state index in [1.54, 1.807) is 42.5 Å². The number of rotatable bonds is 12. The van der Waals surface area contributed by atoms with Crippen molar-refractivity contribution in [3.63, 3.8) is 0 Å². The molecule has 3 aromatic rings. The monoisotopic (exact) mass is 617 g/mol. The second-order valence-corrected chi connectivity index (χ2v) is 12.2. The van der Waals surface area contributed by atoms with Crippen LogP contribution in [0.2, 0.25) is 0 Å². The minimum atomic E-state index is -3.87. The summed E-state index contributed by atoms with van der Waals surface area (Å²) >= 11 is 3.33. The van der Waals surface area contributed by atoms with E-state index in [0.717, 1.165) is 20.6 Å². The summed E-state index contributed by atoms with van der Waals surface area (Å²) in [5, 5.41) is 2.94. The smallest absolute Gasteiger partial charge is 0.244 e. The maximum Gasteiger partial charge on any atom is 0.244 e. The molecule has 208 valence electrons. The van der Waals surface area contributed by atoms with Crippen LogP contribution in [0.4, 0.5) is 10.1 Å². The van der Waals surface area contributed by atoms with Crippen LogP contribution in [-0.2, 0) is 32.6 Å². The van der Waals surface area contributed by atoms with Gasteiger partial charge in [0.2, 0.25) is 21.8 Å². The Hall–Kier alpha value is -3.24. The lowest BCUT2D eigenvalue weighted by molar-refractivity contribution is -0.140. The normalized spacial score (nSPS) is 12.8. The average molecular weight is 619 g/mol. The highest BCUT2D eigenvalue weighted by Gasteiger charge is 2.33. The minimum Gasteiger partial charge on any atom is -0.352 e. The molecule has 0 radical (unpaired) electrons. The second kappa shape index (κ2) is 13.7. The van der Waals surface area contributed by atoms with Gasteiger partial charge in [-0.1, -0.05) is 71.4 Å². The molecular weight excluding hydrogens is 585 g/mol. The highest BCUT2D eigenvalue weighted by molar-refractivity contribution is 9.10. The van der Waals surface area contributed by atoms with Crippen molar-refractivity contribution in [3.05, 3.63) is 100 Å². The lowest BCUT2D eigenvalue weighted by Gasteiger charge is -2.34. The largest absolute Gasteiger partial charge is 0.352 e. The van der Waals surface area contributed by atoms with Gasteiger partial charge in [-0.15, -0.1) is 0 Å². The van der Waals surface area contributed by atoms with Crippen LogP contribution in [0.3, 0.4) is 0 Å². The second-order valence-electron chi connectivity index (χ2n) is 9.38. The SMILES string of the molecule is CCC(C)NC(=O)C(Cc1ccccc1)N(Cc1ccccc1F)C(=O)CN(c1ccc(Br)cc1)S(C)(=O)=O. The summed E-state index contributed by atoms with van der Waals surface area (Å²) in [7, 11) is -3.87. The van der Waals surface area contributed by atoms with Crippen LogP contribution in [0.25, 0.3) is 0 Å². The molecule has 0 fully saturated rings. The summed E-state index contributed by atoms with van der Waals surface area (Å²) in [6.07, 6.45) is 1.86. The van der Waals surface area contributed by atoms with Crippen LogP contribution in [0.15, 0.2) is 83.3 Å². The number of halogens is 2. The van der Waals surface area contributed by atoms with Crippen molar-refractivity contribution in [1.82, 2.24) is 10.2 Å². The molecule has 0 aliphatic rings. The van der Waals surface area contributed by atoms with Crippen LogP contribution in [-0.4, -0.2) is 50.0 Å². The Labute approximate surface area is 238 Å². The Morgan fingerprint density at radius 3 is 2.18 bits per heavy atom. The summed E-state index contributed by atoms with van der Waals surface area (Å²) in [6, 6.07) is 20.6. The van der Waals surface area contributed by atoms with Gasteiger partial charge in [0.15, 0.2) is 0 Å². The molecule has 0 aliphatic heterocycles. The van der Waals surface area contributed by atoms with Crippen molar-refractivity contribution >= 4 is 43.5 Å². The summed E-state index contributed by atoms with van der Waals surface area (Å²) in [6.45, 7) is 3.02. The first-order valence-electron chi connectivity index (χ1n) is 12.6. The average Bonchev–Trinajstić information content (AvgIpc) is 2.90. The maximum atomic E-state index is 14.8. The Morgan fingerprint density at radius 1 is 0.974 bits per heavy atom. The molecule has 10 heteroatoms. The lowest BCUT2D eigenvalue weighted by atomic mass is 10.0. The van der Waals surface area contributed by atoms with Gasteiger partial charge >= 0.3 is 0 Å². The van der Waals surface area contributed by atoms with E-state index in [4.69, 9.17) is 0 Å². The Kier molecular flexibility index (Phi) is 10.7. The van der Waals surface area contributed by atoms with Crippen molar-refractivity contribution in [2.75, 3.05) is 17.1 Å². The van der Waals surface area contributed by atoms with Crippen LogP contribution in [0.5, 0.6) is 0 Å². The van der Waals surface area contributed by atoms with E-state index in [0.29, 0.717) is 12.1 Å². The number of nitrogens with zero attached hydrogens (tertiary/aromatic N) is 2. The third-order valence-electron chi connectivity index (χ3n) is 6.36. The van der Waals surface area contributed by atoms with E-state index in [-0.39, 0.29) is 24.6 Å². The summed E-state index contributed by atoms with van der Waals surface area (Å²) < 4.78 is 42.1. The molecule has 0 aromatic heterocycles. The van der Waals surface area contributed by atoms with Gasteiger partial charge in [0.05, 0.1) is 11.9 Å². The fourth-order valence-electron chi connectivity index (χ4n) is 4.03. The van der Waals surface area contributed by atoms with Crippen LogP contribution < -0.4 is 9.62 Å². The van der Waals surface area contributed by atoms with E-state index in [2.05, 4.69) is 21.2 Å². The van der Waals surface area contributed by atoms with Gasteiger partial charge in [0.25, 0.3) is 0 Å². The molecule has 0 saturated carbocycles. The van der Waals surface area contributed by atoms with Gasteiger partial charge in [0, 0.05) is 29.0 Å². The standard InChI is InChI=1S/C29H33BrFN3O4S/c1-4-21(2)32-29(36)27(18-22-10-6-5-7-11-22)33(19-23-12-8-9-13-26(23)31)28(35)20-34(39(3,37)38)25-16-14-24(30)15-17-25/h5-17,21,27H,4,18-20H2,1-3H3,(H,32,36). The number of benzene rings is 3. The minimum absolute atomic E-state index is 0.156. The Bertz CT molecular complexity index is 1370. The maximum absolute atomic E-state index is 14.8. The van der Waals surface area contributed by atoms with Crippen molar-refractivity contribution in [3.8, 4) is 0 Å². The number of nitrogens with one attached hydrogen (secondary N) is 1. The molecule has 1 N–H and O–H groups in total. The van der Waals surface area contributed by atoms with Crippen LogP contribution >= 0.6 is 15.9 Å². The zero-order valence-electron chi connectivity index (χ0n) is 22.2. The zero-order valence-corrected chi connectivity index (χ0v) is 24.6. The van der Waals surface area contributed by atoms with Gasteiger partial charge in [-0.25, -0.2) is 12.8 Å². The lowest BCUT2D eigenvalue weighted by Crippen LogP contribution is -2.54. The molecule has 7 nitrogen and oxygen atoms in total. The van der Waals surface area contributed by atoms with Crippen LogP contribution in [0, 0.1) is 5.82 Å². The Morgan fingerprint density at radius 2 is 1.59 bits per heavy atom. The molecule has 3 rings (SSSR count). The fraction of sp³-hybridized carbons (Fsp3) is 0.310. The first-order valence-corrected chi connectivity index (χ1v) is 15.2. The summed E-state index contributed by atoms with van der Waals surface area (Å²) in [5.41, 5.74) is 1.32. The topological polar surface area (TPSA) is 86.8 Å². The summed E-state index contributed by atoms with van der Waals surface area (Å²) in [4.78, 5) is 28.8. The van der Waals surface area contributed by atoms with E-state index < -0.39 is 40.2 Å². The van der Waals surface area contributed by atoms with Gasteiger partial charge in [-0.2, -0.15) is 0 Å². The van der Waals surface area contributed by atoms with Crippen molar-refractivity contribution in [2.24, 2.45) is 0 Å². The van der Waals surface area contributed by atoms with Crippen LogP contribution in [0.1, 0.15) is 31.4 Å². The molecule has 0 heterocycles. The number of anilines is 1. The molecule has 39 heavy (non-hydrogen) atoms. The van der Waals surface area contributed by atoms with Crippen molar-refractivity contribution in [2.45, 2.75) is 45.3 Å². The predicted molar refractivity (Wildman–Crippen MR) is 155 cm³/mol. The third kappa shape index (κ3) is 8.63. The highest BCUT2D eigenvalue weighted by atomic mass is 79.9. The number of carbonyl (C=O) groups excluding carboxylic acids is 2. The molecule has 2 amide bonds. The number of sulfonamides is 1. The zero-order chi connectivity index (χ0) is 28.6. The number of amides is 2. The van der Waals surface area contributed by atoms with Crippen molar-refractivity contribution < 1.29 is 22.4 Å². The number of carbonyl (C=O) groups is 2. The van der Waals surface area contributed by atoms with Gasteiger partial charge in [-0.05, 0) is 49.2 Å². The van der Waals surface area contributed by atoms with Gasteiger partial charge < -0.3 is 10.2 Å². The first-order chi connectivity index (χ1) is 18.5. The molecule has 0 spiro atoms. The Balaban J connectivity index is 2.06. The molecule has 0 saturated heterocycles. The van der Waals surface area contributed by atoms with E-state index in [9.17, 15) is 22.4 Å². The quantitative estimate of drug-likeness (QED) is 0.313. The van der Waals surface area contributed by atoms with E-state index in [1.807, 2.05) is 44.2 Å². The third-order valence-corrected chi connectivity index (χ3v) is 8.03. The molecule has 0 aliphatic carbocycles. The molecule has 0 bridgehead atoms. The number of hydrogen-bond acceptors (Lipinski definition) is 4. The highest BCUT2D eigenvalue weighted by Crippen LogP contribution is 2.23. The fourth-order valence-corrected chi connectivity index (χ4v) is 5.14. The summed E-state index contributed by atoms with van der Waals surface area (Å²) in [5.74, 6) is -1.55.